The van der Waals surface area contributed by atoms with E-state index < -0.39 is 16.8 Å². The van der Waals surface area contributed by atoms with Crippen molar-refractivity contribution in [1.82, 2.24) is 15.5 Å². The van der Waals surface area contributed by atoms with Crippen molar-refractivity contribution in [3.8, 4) is 0 Å². The Morgan fingerprint density at radius 3 is 2.42 bits per heavy atom. The Kier molecular flexibility index (Phi) is 6.27. The third kappa shape index (κ3) is 4.38. The highest BCUT2D eigenvalue weighted by Gasteiger charge is 2.57. The predicted octanol–water partition coefficient (Wildman–Crippen LogP) is 3.80. The van der Waals surface area contributed by atoms with Crippen LogP contribution in [0.1, 0.15) is 60.1 Å². The van der Waals surface area contributed by atoms with Gasteiger partial charge in [0.05, 0.1) is 0 Å². The normalized spacial score (nSPS) is 21.5. The molecule has 2 aliphatic heterocycles. The number of fused-ring (bicyclic) bond motifs is 3. The Hall–Kier alpha value is -2.80. The van der Waals surface area contributed by atoms with E-state index in [0.29, 0.717) is 12.1 Å². The Bertz CT molecular complexity index is 1080. The Morgan fingerprint density at radius 1 is 1.09 bits per heavy atom. The largest absolute Gasteiger partial charge is 0.350 e. The van der Waals surface area contributed by atoms with Gasteiger partial charge in [-0.25, -0.2) is 0 Å². The van der Waals surface area contributed by atoms with Crippen LogP contribution in [0.15, 0.2) is 48.5 Å². The van der Waals surface area contributed by atoms with Crippen LogP contribution in [0.25, 0.3) is 0 Å². The number of thioether (sulfide) groups is 1. The molecular weight excluding hydrogens is 434 g/mol. The lowest BCUT2D eigenvalue weighted by atomic mass is 9.98. The molecule has 2 N–H and O–H groups in total. The molecule has 2 aromatic carbocycles. The van der Waals surface area contributed by atoms with Crippen LogP contribution in [0.4, 0.5) is 0 Å². The van der Waals surface area contributed by atoms with Crippen LogP contribution >= 0.6 is 11.8 Å². The summed E-state index contributed by atoms with van der Waals surface area (Å²) in [6.45, 7) is 10.2. The minimum atomic E-state index is -0.692. The Labute approximate surface area is 199 Å². The zero-order valence-electron chi connectivity index (χ0n) is 19.7. The van der Waals surface area contributed by atoms with Crippen LogP contribution in [0.5, 0.6) is 0 Å². The zero-order valence-corrected chi connectivity index (χ0v) is 20.5. The van der Waals surface area contributed by atoms with Crippen molar-refractivity contribution >= 4 is 29.5 Å². The molecule has 0 saturated carbocycles. The molecule has 3 amide bonds. The molecule has 1 saturated heterocycles. The lowest BCUT2D eigenvalue weighted by molar-refractivity contribution is -0.132. The van der Waals surface area contributed by atoms with E-state index in [1.807, 2.05) is 83.1 Å². The SMILES string of the molecule is Cc1ccc(CNC(=O)[C@@H](NC(=O)[C@@H]2N3C(=O)c4ccccc4[C@H]3SC2(C)C)C(C)C)cc1. The van der Waals surface area contributed by atoms with Crippen LogP contribution in [0, 0.1) is 12.8 Å². The van der Waals surface area contributed by atoms with Crippen molar-refractivity contribution in [2.75, 3.05) is 0 Å². The van der Waals surface area contributed by atoms with Crippen LogP contribution in [0.3, 0.4) is 0 Å². The summed E-state index contributed by atoms with van der Waals surface area (Å²) < 4.78 is -0.488. The highest BCUT2D eigenvalue weighted by molar-refractivity contribution is 8.01. The molecule has 174 valence electrons. The number of nitrogens with zero attached hydrogens (tertiary/aromatic N) is 1. The van der Waals surface area contributed by atoms with Crippen LogP contribution in [-0.2, 0) is 16.1 Å². The third-order valence-corrected chi connectivity index (χ3v) is 7.91. The lowest BCUT2D eigenvalue weighted by Crippen LogP contribution is -2.58. The summed E-state index contributed by atoms with van der Waals surface area (Å²) in [5.74, 6) is -0.750. The number of hydrogen-bond acceptors (Lipinski definition) is 4. The number of aryl methyl sites for hydroxylation is 1. The van der Waals surface area contributed by atoms with Crippen molar-refractivity contribution in [1.29, 1.82) is 0 Å². The molecular formula is C26H31N3O3S. The van der Waals surface area contributed by atoms with Crippen molar-refractivity contribution in [2.45, 2.75) is 63.4 Å². The fourth-order valence-corrected chi connectivity index (χ4v) is 6.17. The molecule has 0 unspecified atom stereocenters. The minimum absolute atomic E-state index is 0.105. The second-order valence-electron chi connectivity index (χ2n) is 9.71. The van der Waals surface area contributed by atoms with Gasteiger partial charge in [0.15, 0.2) is 0 Å². The summed E-state index contributed by atoms with van der Waals surface area (Å²) in [5, 5.41) is 5.72. The van der Waals surface area contributed by atoms with Gasteiger partial charge in [-0.2, -0.15) is 0 Å². The Balaban J connectivity index is 1.49. The van der Waals surface area contributed by atoms with E-state index >= 15 is 0 Å². The van der Waals surface area contributed by atoms with Gasteiger partial charge in [-0.15, -0.1) is 11.8 Å². The van der Waals surface area contributed by atoms with Crippen molar-refractivity contribution in [3.63, 3.8) is 0 Å². The first-order chi connectivity index (χ1) is 15.6. The number of carbonyl (C=O) groups excluding carboxylic acids is 3. The number of carbonyl (C=O) groups is 3. The van der Waals surface area contributed by atoms with Crippen LogP contribution in [0.2, 0.25) is 0 Å². The molecule has 2 aromatic rings. The molecule has 4 rings (SSSR count). The first-order valence-corrected chi connectivity index (χ1v) is 12.2. The smallest absolute Gasteiger partial charge is 0.256 e. The second-order valence-corrected chi connectivity index (χ2v) is 11.4. The number of rotatable bonds is 6. The number of nitrogens with one attached hydrogen (secondary N) is 2. The highest BCUT2D eigenvalue weighted by atomic mass is 32.2. The van der Waals surface area contributed by atoms with Gasteiger partial charge in [0.1, 0.15) is 17.5 Å². The quantitative estimate of drug-likeness (QED) is 0.680. The first kappa shape index (κ1) is 23.4. The molecule has 0 radical (unpaired) electrons. The topological polar surface area (TPSA) is 78.5 Å². The van der Waals surface area contributed by atoms with E-state index in [0.717, 1.165) is 16.7 Å². The fourth-order valence-electron chi connectivity index (χ4n) is 4.58. The number of benzene rings is 2. The van der Waals surface area contributed by atoms with E-state index in [-0.39, 0.29) is 29.0 Å². The summed E-state index contributed by atoms with van der Waals surface area (Å²) in [6.07, 6.45) is 0. The third-order valence-electron chi connectivity index (χ3n) is 6.38. The zero-order chi connectivity index (χ0) is 23.9. The monoisotopic (exact) mass is 465 g/mol. The van der Waals surface area contributed by atoms with E-state index in [2.05, 4.69) is 10.6 Å². The maximum Gasteiger partial charge on any atom is 0.256 e. The average Bonchev–Trinajstić information content (AvgIpc) is 3.20. The molecule has 2 heterocycles. The van der Waals surface area contributed by atoms with Crippen LogP contribution in [-0.4, -0.2) is 39.5 Å². The molecule has 2 aliphatic rings. The van der Waals surface area contributed by atoms with Gasteiger partial charge < -0.3 is 15.5 Å². The van der Waals surface area contributed by atoms with Crippen molar-refractivity contribution in [2.24, 2.45) is 5.92 Å². The minimum Gasteiger partial charge on any atom is -0.350 e. The molecule has 0 aliphatic carbocycles. The van der Waals surface area contributed by atoms with Gasteiger partial charge in [-0.1, -0.05) is 61.9 Å². The van der Waals surface area contributed by atoms with Gasteiger partial charge in [0.2, 0.25) is 11.8 Å². The van der Waals surface area contributed by atoms with Crippen LogP contribution < -0.4 is 10.6 Å². The van der Waals surface area contributed by atoms with Gasteiger partial charge in [-0.3, -0.25) is 14.4 Å². The first-order valence-electron chi connectivity index (χ1n) is 11.3. The molecule has 1 fully saturated rings. The summed E-state index contributed by atoms with van der Waals surface area (Å²) in [4.78, 5) is 41.4. The maximum atomic E-state index is 13.5. The molecule has 0 aromatic heterocycles. The van der Waals surface area contributed by atoms with Crippen molar-refractivity contribution < 1.29 is 14.4 Å². The maximum absolute atomic E-state index is 13.5. The van der Waals surface area contributed by atoms with E-state index in [1.54, 1.807) is 16.7 Å². The van der Waals surface area contributed by atoms with Gasteiger partial charge >= 0.3 is 0 Å². The highest BCUT2D eigenvalue weighted by Crippen LogP contribution is 2.56. The van der Waals surface area contributed by atoms with Gasteiger partial charge in [0, 0.05) is 16.9 Å². The number of amides is 3. The lowest BCUT2D eigenvalue weighted by Gasteiger charge is -2.32. The molecule has 33 heavy (non-hydrogen) atoms. The molecule has 6 nitrogen and oxygen atoms in total. The average molecular weight is 466 g/mol. The molecule has 0 bridgehead atoms. The molecule has 0 spiro atoms. The molecule has 3 atom stereocenters. The van der Waals surface area contributed by atoms with Gasteiger partial charge in [-0.05, 0) is 43.9 Å². The summed E-state index contributed by atoms with van der Waals surface area (Å²) in [7, 11) is 0. The predicted molar refractivity (Wildman–Crippen MR) is 131 cm³/mol. The summed E-state index contributed by atoms with van der Waals surface area (Å²) in [5.41, 5.74) is 3.76. The van der Waals surface area contributed by atoms with Gasteiger partial charge in [0.25, 0.3) is 5.91 Å². The number of hydrogen-bond donors (Lipinski definition) is 2. The standard InChI is InChI=1S/C26H31N3O3S/c1-15(2)20(22(30)27-14-17-12-10-16(3)11-13-17)28-23(31)21-26(4,5)33-25-19-9-7-6-8-18(19)24(32)29(21)25/h6-13,15,20-21,25H,14H2,1-5H3,(H,27,30)(H,28,31)/t20-,21-,25+/m0/s1. The fraction of sp³-hybridized carbons (Fsp3) is 0.423. The molecule has 7 heteroatoms. The second kappa shape index (κ2) is 8.86. The Morgan fingerprint density at radius 2 is 1.76 bits per heavy atom. The van der Waals surface area contributed by atoms with E-state index in [1.165, 1.54) is 0 Å². The summed E-state index contributed by atoms with van der Waals surface area (Å²) >= 11 is 1.62. The van der Waals surface area contributed by atoms with E-state index in [4.69, 9.17) is 0 Å². The van der Waals surface area contributed by atoms with Crippen molar-refractivity contribution in [3.05, 3.63) is 70.8 Å². The summed E-state index contributed by atoms with van der Waals surface area (Å²) in [6, 6.07) is 14.1. The van der Waals surface area contributed by atoms with E-state index in [9.17, 15) is 14.4 Å².